The number of halogens is 2. The molecule has 5 heteroatoms. The Bertz CT molecular complexity index is 859. The van der Waals surface area contributed by atoms with Crippen molar-refractivity contribution in [1.29, 1.82) is 0 Å². The van der Waals surface area contributed by atoms with Gasteiger partial charge in [0, 0.05) is 12.1 Å². The van der Waals surface area contributed by atoms with E-state index >= 15 is 0 Å². The van der Waals surface area contributed by atoms with Crippen molar-refractivity contribution in [2.75, 3.05) is 0 Å². The van der Waals surface area contributed by atoms with E-state index in [1.165, 1.54) is 4.57 Å². The summed E-state index contributed by atoms with van der Waals surface area (Å²) in [5.41, 5.74) is 4.11. The molecule has 1 heterocycles. The van der Waals surface area contributed by atoms with E-state index in [1.807, 2.05) is 37.3 Å². The Kier molecular flexibility index (Phi) is 3.56. The van der Waals surface area contributed by atoms with E-state index in [4.69, 9.17) is 27.6 Å². The predicted molar refractivity (Wildman–Crippen MR) is 85.3 cm³/mol. The lowest BCUT2D eigenvalue weighted by atomic mass is 10.0. The van der Waals surface area contributed by atoms with Crippen molar-refractivity contribution in [3.05, 3.63) is 68.7 Å². The third-order valence-corrected chi connectivity index (χ3v) is 4.19. The number of hydrogen-bond acceptors (Lipinski definition) is 2. The van der Waals surface area contributed by atoms with Gasteiger partial charge in [0.05, 0.1) is 10.9 Å². The van der Waals surface area contributed by atoms with Gasteiger partial charge in [-0.1, -0.05) is 23.7 Å². The molecule has 1 atom stereocenters. The van der Waals surface area contributed by atoms with Crippen LogP contribution in [0.5, 0.6) is 0 Å². The first-order chi connectivity index (χ1) is 9.95. The van der Waals surface area contributed by atoms with Crippen molar-refractivity contribution in [1.82, 2.24) is 4.57 Å². The van der Waals surface area contributed by atoms with Crippen molar-refractivity contribution in [2.45, 2.75) is 12.3 Å². The van der Waals surface area contributed by atoms with Gasteiger partial charge in [-0.25, -0.2) is 4.79 Å². The van der Waals surface area contributed by atoms with Crippen molar-refractivity contribution in [2.24, 2.45) is 7.05 Å². The summed E-state index contributed by atoms with van der Waals surface area (Å²) in [7, 11) is 1.67. The third kappa shape index (κ3) is 2.59. The second-order valence-electron chi connectivity index (χ2n) is 5.08. The van der Waals surface area contributed by atoms with Gasteiger partial charge < -0.3 is 4.42 Å². The predicted octanol–water partition coefficient (Wildman–Crippen LogP) is 4.42. The van der Waals surface area contributed by atoms with Crippen LogP contribution in [0.3, 0.4) is 0 Å². The minimum absolute atomic E-state index is 0.350. The monoisotopic (exact) mass is 321 g/mol. The smallest absolute Gasteiger partial charge is 0.408 e. The van der Waals surface area contributed by atoms with Crippen LogP contribution >= 0.6 is 23.2 Å². The van der Waals surface area contributed by atoms with Crippen molar-refractivity contribution in [3.63, 3.8) is 0 Å². The molecule has 1 unspecified atom stereocenters. The van der Waals surface area contributed by atoms with Crippen LogP contribution in [-0.2, 0) is 7.05 Å². The van der Waals surface area contributed by atoms with Crippen molar-refractivity contribution >= 4 is 34.3 Å². The zero-order valence-corrected chi connectivity index (χ0v) is 13.1. The number of benzene rings is 2. The molecule has 0 saturated carbocycles. The maximum absolute atomic E-state index is 11.5. The maximum Gasteiger partial charge on any atom is 0.419 e. The summed E-state index contributed by atoms with van der Waals surface area (Å²) in [5.74, 6) is -0.383. The number of rotatable bonds is 2. The summed E-state index contributed by atoms with van der Waals surface area (Å²) in [5, 5.41) is 0.306. The number of hydrogen-bond donors (Lipinski definition) is 0. The minimum atomic E-state index is -0.383. The fourth-order valence-electron chi connectivity index (χ4n) is 2.41. The molecule has 108 valence electrons. The number of alkyl halides is 1. The molecule has 0 spiro atoms. The van der Waals surface area contributed by atoms with Crippen LogP contribution < -0.4 is 5.76 Å². The van der Waals surface area contributed by atoms with Gasteiger partial charge in [-0.3, -0.25) is 4.57 Å². The van der Waals surface area contributed by atoms with E-state index in [9.17, 15) is 4.79 Å². The van der Waals surface area contributed by atoms with Gasteiger partial charge in [0.1, 0.15) is 0 Å². The summed E-state index contributed by atoms with van der Waals surface area (Å²) < 4.78 is 6.66. The number of fused-ring (bicyclic) bond motifs is 1. The van der Waals surface area contributed by atoms with E-state index < -0.39 is 0 Å². The van der Waals surface area contributed by atoms with Crippen molar-refractivity contribution < 1.29 is 4.42 Å². The maximum atomic E-state index is 11.5. The van der Waals surface area contributed by atoms with Crippen molar-refractivity contribution in [3.8, 4) is 0 Å². The Morgan fingerprint density at radius 3 is 2.62 bits per heavy atom. The van der Waals surface area contributed by atoms with Crippen LogP contribution in [-0.4, -0.2) is 4.57 Å². The van der Waals surface area contributed by atoms with Crippen LogP contribution in [0.2, 0.25) is 5.02 Å². The Hall–Kier alpha value is -1.71. The highest BCUT2D eigenvalue weighted by molar-refractivity contribution is 6.31. The standard InChI is InChI=1S/C16H13Cl2NO2/c1-9-5-11(7-12(17)6-9)15(18)10-3-4-13-14(8-10)21-16(20)19(13)2/h3-8,15H,1-2H3. The molecule has 0 fully saturated rings. The molecule has 0 bridgehead atoms. The van der Waals surface area contributed by atoms with Gasteiger partial charge in [0.2, 0.25) is 0 Å². The molecule has 3 rings (SSSR count). The lowest BCUT2D eigenvalue weighted by Gasteiger charge is -2.11. The van der Waals surface area contributed by atoms with E-state index in [2.05, 4.69) is 0 Å². The first kappa shape index (κ1) is 14.2. The summed E-state index contributed by atoms with van der Waals surface area (Å²) in [4.78, 5) is 11.5. The minimum Gasteiger partial charge on any atom is -0.408 e. The molecular formula is C16H13Cl2NO2. The zero-order chi connectivity index (χ0) is 15.1. The topological polar surface area (TPSA) is 35.1 Å². The molecule has 0 aliphatic rings. The molecule has 0 amide bonds. The lowest BCUT2D eigenvalue weighted by Crippen LogP contribution is -2.08. The molecular weight excluding hydrogens is 309 g/mol. The van der Waals surface area contributed by atoms with Gasteiger partial charge in [-0.15, -0.1) is 11.6 Å². The van der Waals surface area contributed by atoms with E-state index in [0.29, 0.717) is 10.6 Å². The van der Waals surface area contributed by atoms with Gasteiger partial charge >= 0.3 is 5.76 Å². The Morgan fingerprint density at radius 1 is 1.14 bits per heavy atom. The van der Waals surface area contributed by atoms with Crippen LogP contribution in [0.1, 0.15) is 22.1 Å². The molecule has 21 heavy (non-hydrogen) atoms. The number of oxazole rings is 1. The molecule has 1 aromatic heterocycles. The molecule has 2 aromatic carbocycles. The van der Waals surface area contributed by atoms with Gasteiger partial charge in [-0.2, -0.15) is 0 Å². The molecule has 3 nitrogen and oxygen atoms in total. The third-order valence-electron chi connectivity index (χ3n) is 3.47. The summed E-state index contributed by atoms with van der Waals surface area (Å²) in [6.07, 6.45) is 0. The van der Waals surface area contributed by atoms with Crippen LogP contribution in [0.4, 0.5) is 0 Å². The Morgan fingerprint density at radius 2 is 1.90 bits per heavy atom. The largest absolute Gasteiger partial charge is 0.419 e. The SMILES string of the molecule is Cc1cc(Cl)cc(C(Cl)c2ccc3c(c2)oc(=O)n3C)c1. The number of aromatic nitrogens is 1. The molecule has 0 aliphatic carbocycles. The average Bonchev–Trinajstić information content (AvgIpc) is 2.71. The zero-order valence-electron chi connectivity index (χ0n) is 11.6. The Balaban J connectivity index is 2.08. The first-order valence-electron chi connectivity index (χ1n) is 6.46. The lowest BCUT2D eigenvalue weighted by molar-refractivity contribution is 0.528. The Labute approximate surface area is 131 Å². The second-order valence-corrected chi connectivity index (χ2v) is 5.95. The fourth-order valence-corrected chi connectivity index (χ4v) is 2.97. The normalized spacial score (nSPS) is 12.8. The van der Waals surface area contributed by atoms with Crippen LogP contribution in [0, 0.1) is 6.92 Å². The number of aryl methyl sites for hydroxylation is 2. The number of nitrogens with zero attached hydrogens (tertiary/aromatic N) is 1. The summed E-state index contributed by atoms with van der Waals surface area (Å²) >= 11 is 12.6. The van der Waals surface area contributed by atoms with Crippen LogP contribution in [0.25, 0.3) is 11.1 Å². The van der Waals surface area contributed by atoms with Gasteiger partial charge in [0.25, 0.3) is 0 Å². The van der Waals surface area contributed by atoms with E-state index in [1.54, 1.807) is 13.1 Å². The van der Waals surface area contributed by atoms with E-state index in [-0.39, 0.29) is 11.1 Å². The molecule has 0 saturated heterocycles. The first-order valence-corrected chi connectivity index (χ1v) is 7.28. The molecule has 0 radical (unpaired) electrons. The molecule has 0 aliphatic heterocycles. The molecule has 3 aromatic rings. The second kappa shape index (κ2) is 5.24. The molecule has 0 N–H and O–H groups in total. The fraction of sp³-hybridized carbons (Fsp3) is 0.188. The summed E-state index contributed by atoms with van der Waals surface area (Å²) in [6, 6.07) is 11.2. The van der Waals surface area contributed by atoms with Gasteiger partial charge in [-0.05, 0) is 47.9 Å². The van der Waals surface area contributed by atoms with Crippen LogP contribution in [0.15, 0.2) is 45.6 Å². The quantitative estimate of drug-likeness (QED) is 0.655. The van der Waals surface area contributed by atoms with Gasteiger partial charge in [0.15, 0.2) is 5.58 Å². The highest BCUT2D eigenvalue weighted by atomic mass is 35.5. The highest BCUT2D eigenvalue weighted by Crippen LogP contribution is 2.32. The van der Waals surface area contributed by atoms with E-state index in [0.717, 1.165) is 22.2 Å². The average molecular weight is 322 g/mol. The highest BCUT2D eigenvalue weighted by Gasteiger charge is 2.14. The summed E-state index contributed by atoms with van der Waals surface area (Å²) in [6.45, 7) is 1.97.